The lowest BCUT2D eigenvalue weighted by molar-refractivity contribution is -0.137. The van der Waals surface area contributed by atoms with Crippen LogP contribution in [-0.2, 0) is 9.59 Å². The van der Waals surface area contributed by atoms with Gasteiger partial charge in [-0.1, -0.05) is 12.8 Å². The van der Waals surface area contributed by atoms with Gasteiger partial charge in [0.25, 0.3) is 0 Å². The van der Waals surface area contributed by atoms with Crippen LogP contribution in [0.15, 0.2) is 0 Å². The van der Waals surface area contributed by atoms with Crippen LogP contribution >= 0.6 is 0 Å². The maximum Gasteiger partial charge on any atom is 0.303 e. The predicted molar refractivity (Wildman–Crippen MR) is 76.4 cm³/mol. The van der Waals surface area contributed by atoms with Crippen molar-refractivity contribution in [3.63, 3.8) is 0 Å². The second-order valence-electron chi connectivity index (χ2n) is 6.09. The zero-order chi connectivity index (χ0) is 14.4. The number of hydrogen-bond donors (Lipinski definition) is 3. The van der Waals surface area contributed by atoms with Crippen LogP contribution in [0.5, 0.6) is 0 Å². The van der Waals surface area contributed by atoms with Crippen LogP contribution in [0.4, 0.5) is 0 Å². The fourth-order valence-corrected chi connectivity index (χ4v) is 3.44. The number of piperidine rings is 1. The SMILES string of the molecule is O=C(O)CCCCNC(=O)C1CCC2CCCCC2N1. The summed E-state index contributed by atoms with van der Waals surface area (Å²) in [6.07, 6.45) is 8.75. The van der Waals surface area contributed by atoms with Crippen molar-refractivity contribution in [1.82, 2.24) is 10.6 Å². The lowest BCUT2D eigenvalue weighted by Crippen LogP contribution is -2.55. The van der Waals surface area contributed by atoms with Gasteiger partial charge >= 0.3 is 5.97 Å². The second-order valence-corrected chi connectivity index (χ2v) is 6.09. The van der Waals surface area contributed by atoms with Crippen molar-refractivity contribution in [3.05, 3.63) is 0 Å². The Bertz CT molecular complexity index is 346. The van der Waals surface area contributed by atoms with Gasteiger partial charge in [-0.05, 0) is 44.4 Å². The molecule has 5 heteroatoms. The summed E-state index contributed by atoms with van der Waals surface area (Å²) in [5, 5.41) is 15.0. The Kier molecular flexibility index (Phi) is 5.83. The molecule has 1 saturated heterocycles. The predicted octanol–water partition coefficient (Wildman–Crippen LogP) is 1.67. The molecule has 2 fully saturated rings. The summed E-state index contributed by atoms with van der Waals surface area (Å²) < 4.78 is 0. The minimum absolute atomic E-state index is 0.0474. The summed E-state index contributed by atoms with van der Waals surface area (Å²) in [6, 6.07) is 0.481. The number of fused-ring (bicyclic) bond motifs is 1. The third kappa shape index (κ3) is 4.47. The van der Waals surface area contributed by atoms with Gasteiger partial charge in [0.2, 0.25) is 5.91 Å². The topological polar surface area (TPSA) is 78.4 Å². The first-order chi connectivity index (χ1) is 9.66. The van der Waals surface area contributed by atoms with Crippen LogP contribution in [0.2, 0.25) is 0 Å². The first kappa shape index (κ1) is 15.3. The van der Waals surface area contributed by atoms with E-state index in [-0.39, 0.29) is 18.4 Å². The van der Waals surface area contributed by atoms with E-state index in [0.29, 0.717) is 19.0 Å². The van der Waals surface area contributed by atoms with Crippen LogP contribution in [-0.4, -0.2) is 35.6 Å². The molecule has 1 saturated carbocycles. The number of aliphatic carboxylic acids is 1. The van der Waals surface area contributed by atoms with Crippen molar-refractivity contribution in [3.8, 4) is 0 Å². The minimum Gasteiger partial charge on any atom is -0.481 e. The average molecular weight is 282 g/mol. The normalized spacial score (nSPS) is 29.5. The van der Waals surface area contributed by atoms with E-state index in [2.05, 4.69) is 10.6 Å². The molecule has 1 heterocycles. The lowest BCUT2D eigenvalue weighted by Gasteiger charge is -2.39. The molecule has 114 valence electrons. The summed E-state index contributed by atoms with van der Waals surface area (Å²) in [5.74, 6) is 0.0846. The molecular weight excluding hydrogens is 256 g/mol. The van der Waals surface area contributed by atoms with Gasteiger partial charge in [0.05, 0.1) is 6.04 Å². The van der Waals surface area contributed by atoms with Gasteiger partial charge in [-0.25, -0.2) is 0 Å². The number of amides is 1. The molecule has 1 aliphatic carbocycles. The van der Waals surface area contributed by atoms with Gasteiger partial charge < -0.3 is 15.7 Å². The molecule has 2 rings (SSSR count). The Morgan fingerprint density at radius 3 is 2.70 bits per heavy atom. The summed E-state index contributed by atoms with van der Waals surface area (Å²) in [5.41, 5.74) is 0. The average Bonchev–Trinajstić information content (AvgIpc) is 2.46. The lowest BCUT2D eigenvalue weighted by atomic mass is 9.77. The van der Waals surface area contributed by atoms with Crippen molar-refractivity contribution in [1.29, 1.82) is 0 Å². The zero-order valence-corrected chi connectivity index (χ0v) is 12.1. The molecular formula is C15H26N2O3. The standard InChI is InChI=1S/C15H26N2O3/c18-14(19)7-3-4-10-16-15(20)13-9-8-11-5-1-2-6-12(11)17-13/h11-13,17H,1-10H2,(H,16,20)(H,18,19). The van der Waals surface area contributed by atoms with Gasteiger partial charge in [0.1, 0.15) is 0 Å². The van der Waals surface area contributed by atoms with Crippen LogP contribution in [0.3, 0.4) is 0 Å². The molecule has 0 spiro atoms. The monoisotopic (exact) mass is 282 g/mol. The number of carbonyl (C=O) groups excluding carboxylic acids is 1. The van der Waals surface area contributed by atoms with E-state index >= 15 is 0 Å². The molecule has 20 heavy (non-hydrogen) atoms. The summed E-state index contributed by atoms with van der Waals surface area (Å²) in [4.78, 5) is 22.5. The zero-order valence-electron chi connectivity index (χ0n) is 12.1. The Hall–Kier alpha value is -1.10. The largest absolute Gasteiger partial charge is 0.481 e. The maximum absolute atomic E-state index is 12.1. The second kappa shape index (κ2) is 7.62. The van der Waals surface area contributed by atoms with E-state index in [1.54, 1.807) is 0 Å². The molecule has 0 aromatic carbocycles. The molecule has 0 radical (unpaired) electrons. The van der Waals surface area contributed by atoms with E-state index in [4.69, 9.17) is 5.11 Å². The van der Waals surface area contributed by atoms with Crippen molar-refractivity contribution in [2.24, 2.45) is 5.92 Å². The summed E-state index contributed by atoms with van der Waals surface area (Å²) >= 11 is 0. The molecule has 5 nitrogen and oxygen atoms in total. The van der Waals surface area contributed by atoms with Crippen molar-refractivity contribution in [2.75, 3.05) is 6.54 Å². The Labute approximate surface area is 120 Å². The van der Waals surface area contributed by atoms with Gasteiger partial charge in [-0.3, -0.25) is 9.59 Å². The van der Waals surface area contributed by atoms with Crippen molar-refractivity contribution >= 4 is 11.9 Å². The van der Waals surface area contributed by atoms with Crippen LogP contribution in [0.25, 0.3) is 0 Å². The van der Waals surface area contributed by atoms with Crippen LogP contribution < -0.4 is 10.6 Å². The molecule has 3 atom stereocenters. The third-order valence-corrected chi connectivity index (χ3v) is 4.58. The highest BCUT2D eigenvalue weighted by Crippen LogP contribution is 2.32. The van der Waals surface area contributed by atoms with Crippen molar-refractivity contribution in [2.45, 2.75) is 69.9 Å². The number of hydrogen-bond acceptors (Lipinski definition) is 3. The van der Waals surface area contributed by atoms with E-state index in [9.17, 15) is 9.59 Å². The molecule has 0 aromatic heterocycles. The Morgan fingerprint density at radius 2 is 1.90 bits per heavy atom. The van der Waals surface area contributed by atoms with Gasteiger partial charge in [0, 0.05) is 19.0 Å². The quantitative estimate of drug-likeness (QED) is 0.648. The third-order valence-electron chi connectivity index (χ3n) is 4.58. The van der Waals surface area contributed by atoms with Gasteiger partial charge in [-0.15, -0.1) is 0 Å². The van der Waals surface area contributed by atoms with Gasteiger partial charge in [0.15, 0.2) is 0 Å². The van der Waals surface area contributed by atoms with E-state index < -0.39 is 5.97 Å². The summed E-state index contributed by atoms with van der Waals surface area (Å²) in [7, 11) is 0. The minimum atomic E-state index is -0.770. The smallest absolute Gasteiger partial charge is 0.303 e. The Morgan fingerprint density at radius 1 is 1.10 bits per heavy atom. The van der Waals surface area contributed by atoms with Crippen LogP contribution in [0.1, 0.15) is 57.8 Å². The Balaban J connectivity index is 1.64. The molecule has 1 aliphatic heterocycles. The summed E-state index contributed by atoms with van der Waals surface area (Å²) in [6.45, 7) is 0.582. The van der Waals surface area contributed by atoms with E-state index in [0.717, 1.165) is 25.2 Å². The van der Waals surface area contributed by atoms with Crippen LogP contribution in [0, 0.1) is 5.92 Å². The highest BCUT2D eigenvalue weighted by Gasteiger charge is 2.34. The number of rotatable bonds is 6. The highest BCUT2D eigenvalue weighted by atomic mass is 16.4. The van der Waals surface area contributed by atoms with Gasteiger partial charge in [-0.2, -0.15) is 0 Å². The number of carboxylic acid groups (broad SMARTS) is 1. The molecule has 0 aromatic rings. The molecule has 2 aliphatic rings. The fraction of sp³-hybridized carbons (Fsp3) is 0.867. The number of unbranched alkanes of at least 4 members (excludes halogenated alkanes) is 1. The molecule has 3 unspecified atom stereocenters. The molecule has 1 amide bonds. The molecule has 0 bridgehead atoms. The van der Waals surface area contributed by atoms with E-state index in [1.807, 2.05) is 0 Å². The van der Waals surface area contributed by atoms with Crippen molar-refractivity contribution < 1.29 is 14.7 Å². The fourth-order valence-electron chi connectivity index (χ4n) is 3.44. The maximum atomic E-state index is 12.1. The molecule has 3 N–H and O–H groups in total. The number of nitrogens with one attached hydrogen (secondary N) is 2. The van der Waals surface area contributed by atoms with E-state index in [1.165, 1.54) is 25.7 Å². The first-order valence-corrected chi connectivity index (χ1v) is 7.92. The first-order valence-electron chi connectivity index (χ1n) is 7.92. The number of carbonyl (C=O) groups is 2. The highest BCUT2D eigenvalue weighted by molar-refractivity contribution is 5.81. The number of carboxylic acids is 1.